The van der Waals surface area contributed by atoms with Crippen molar-refractivity contribution in [2.24, 2.45) is 0 Å². The molecular formula is C21H17N5O2S. The molecule has 0 saturated heterocycles. The standard InChI is InChI=1S/C21H17N5O2S/c22-11-17-19(15-1-3-16(4-2-15)28-10-9-27)18(12-23)21(26-20(17)24)29-13-14-5-7-25-8-6-14/h1-8,27H,9-10,13H2,(H2,24,26). The molecule has 0 bridgehead atoms. The van der Waals surface area contributed by atoms with Crippen molar-refractivity contribution < 1.29 is 9.84 Å². The van der Waals surface area contributed by atoms with E-state index in [2.05, 4.69) is 22.1 Å². The van der Waals surface area contributed by atoms with Gasteiger partial charge in [0.25, 0.3) is 0 Å². The number of aliphatic hydroxyl groups excluding tert-OH is 1. The van der Waals surface area contributed by atoms with Crippen LogP contribution in [0.4, 0.5) is 5.82 Å². The lowest BCUT2D eigenvalue weighted by molar-refractivity contribution is 0.201. The molecule has 2 aromatic heterocycles. The molecule has 1 aromatic carbocycles. The molecule has 0 atom stereocenters. The number of hydrogen-bond donors (Lipinski definition) is 2. The number of nitriles is 2. The summed E-state index contributed by atoms with van der Waals surface area (Å²) in [6, 6.07) is 15.0. The Labute approximate surface area is 172 Å². The van der Waals surface area contributed by atoms with E-state index in [1.54, 1.807) is 36.7 Å². The zero-order valence-electron chi connectivity index (χ0n) is 15.4. The number of pyridine rings is 2. The van der Waals surface area contributed by atoms with E-state index in [9.17, 15) is 10.5 Å². The second-order valence-corrected chi connectivity index (χ2v) is 6.86. The van der Waals surface area contributed by atoms with Crippen LogP contribution < -0.4 is 10.5 Å². The van der Waals surface area contributed by atoms with Crippen LogP contribution in [0.3, 0.4) is 0 Å². The molecule has 8 heteroatoms. The van der Waals surface area contributed by atoms with Gasteiger partial charge in [-0.2, -0.15) is 10.5 Å². The van der Waals surface area contributed by atoms with E-state index in [4.69, 9.17) is 15.6 Å². The van der Waals surface area contributed by atoms with Crippen LogP contribution in [0, 0.1) is 22.7 Å². The number of aromatic nitrogens is 2. The van der Waals surface area contributed by atoms with Gasteiger partial charge in [0.05, 0.1) is 12.2 Å². The molecular weight excluding hydrogens is 386 g/mol. The van der Waals surface area contributed by atoms with E-state index in [1.165, 1.54) is 11.8 Å². The molecule has 3 N–H and O–H groups in total. The topological polar surface area (TPSA) is 129 Å². The van der Waals surface area contributed by atoms with Crippen molar-refractivity contribution in [1.82, 2.24) is 9.97 Å². The number of benzene rings is 1. The number of hydrogen-bond acceptors (Lipinski definition) is 8. The minimum atomic E-state index is -0.0855. The van der Waals surface area contributed by atoms with Crippen molar-refractivity contribution in [3.8, 4) is 29.0 Å². The third-order valence-electron chi connectivity index (χ3n) is 4.04. The monoisotopic (exact) mass is 403 g/mol. The Hall–Kier alpha value is -3.59. The summed E-state index contributed by atoms with van der Waals surface area (Å²) in [5.74, 6) is 1.25. The number of rotatable bonds is 7. The Morgan fingerprint density at radius 3 is 2.34 bits per heavy atom. The molecule has 0 radical (unpaired) electrons. The van der Waals surface area contributed by atoms with E-state index in [1.807, 2.05) is 12.1 Å². The molecule has 0 aliphatic carbocycles. The first-order valence-electron chi connectivity index (χ1n) is 8.67. The van der Waals surface area contributed by atoms with Gasteiger partial charge >= 0.3 is 0 Å². The van der Waals surface area contributed by atoms with Crippen molar-refractivity contribution in [3.05, 3.63) is 65.5 Å². The van der Waals surface area contributed by atoms with Crippen molar-refractivity contribution in [1.29, 1.82) is 10.5 Å². The molecule has 7 nitrogen and oxygen atoms in total. The van der Waals surface area contributed by atoms with E-state index in [0.29, 0.717) is 33.2 Å². The number of aliphatic hydroxyl groups is 1. The second kappa shape index (κ2) is 9.56. The van der Waals surface area contributed by atoms with Crippen LogP contribution in [0.2, 0.25) is 0 Å². The fourth-order valence-electron chi connectivity index (χ4n) is 2.70. The maximum Gasteiger partial charge on any atom is 0.143 e. The lowest BCUT2D eigenvalue weighted by atomic mass is 9.97. The molecule has 0 fully saturated rings. The molecule has 0 saturated carbocycles. The fraction of sp³-hybridized carbons (Fsp3) is 0.143. The minimum absolute atomic E-state index is 0.0827. The molecule has 0 amide bonds. The molecule has 0 unspecified atom stereocenters. The first-order valence-corrected chi connectivity index (χ1v) is 9.66. The van der Waals surface area contributed by atoms with Crippen LogP contribution in [0.5, 0.6) is 5.75 Å². The molecule has 0 aliphatic rings. The van der Waals surface area contributed by atoms with Crippen LogP contribution in [0.15, 0.2) is 53.8 Å². The van der Waals surface area contributed by atoms with E-state index < -0.39 is 0 Å². The van der Waals surface area contributed by atoms with Gasteiger partial charge in [-0.25, -0.2) is 4.98 Å². The second-order valence-electron chi connectivity index (χ2n) is 5.89. The minimum Gasteiger partial charge on any atom is -0.491 e. The first-order chi connectivity index (χ1) is 14.2. The highest BCUT2D eigenvalue weighted by atomic mass is 32.2. The predicted molar refractivity (Wildman–Crippen MR) is 110 cm³/mol. The smallest absolute Gasteiger partial charge is 0.143 e. The molecule has 0 aliphatic heterocycles. The van der Waals surface area contributed by atoms with Gasteiger partial charge in [-0.1, -0.05) is 12.1 Å². The van der Waals surface area contributed by atoms with Crippen molar-refractivity contribution in [2.75, 3.05) is 18.9 Å². The van der Waals surface area contributed by atoms with E-state index >= 15 is 0 Å². The van der Waals surface area contributed by atoms with Gasteiger partial charge in [0.15, 0.2) is 0 Å². The highest BCUT2D eigenvalue weighted by molar-refractivity contribution is 7.98. The van der Waals surface area contributed by atoms with E-state index in [-0.39, 0.29) is 24.6 Å². The van der Waals surface area contributed by atoms with Gasteiger partial charge < -0.3 is 15.6 Å². The van der Waals surface area contributed by atoms with Crippen molar-refractivity contribution >= 4 is 17.6 Å². The van der Waals surface area contributed by atoms with Gasteiger partial charge in [0.1, 0.15) is 40.9 Å². The normalized spacial score (nSPS) is 10.2. The summed E-state index contributed by atoms with van der Waals surface area (Å²) in [5, 5.41) is 28.8. The average Bonchev–Trinajstić information content (AvgIpc) is 2.76. The summed E-state index contributed by atoms with van der Waals surface area (Å²) in [6.45, 7) is 0.0993. The van der Waals surface area contributed by atoms with Gasteiger partial charge in [-0.15, -0.1) is 11.8 Å². The number of nitrogen functional groups attached to an aromatic ring is 1. The Morgan fingerprint density at radius 1 is 1.03 bits per heavy atom. The SMILES string of the molecule is N#Cc1c(N)nc(SCc2ccncc2)c(C#N)c1-c1ccc(OCCO)cc1. The van der Waals surface area contributed by atoms with E-state index in [0.717, 1.165) is 5.56 Å². The third-order valence-corrected chi connectivity index (χ3v) is 5.09. The fourth-order valence-corrected chi connectivity index (χ4v) is 3.65. The van der Waals surface area contributed by atoms with Crippen LogP contribution >= 0.6 is 11.8 Å². The lowest BCUT2D eigenvalue weighted by Gasteiger charge is -2.13. The lowest BCUT2D eigenvalue weighted by Crippen LogP contribution is -2.04. The Morgan fingerprint density at radius 2 is 1.72 bits per heavy atom. The quantitative estimate of drug-likeness (QED) is 0.576. The molecule has 3 rings (SSSR count). The Balaban J connectivity index is 2.02. The summed E-state index contributed by atoms with van der Waals surface area (Å²) in [4.78, 5) is 8.29. The van der Waals surface area contributed by atoms with Crippen LogP contribution in [0.1, 0.15) is 16.7 Å². The van der Waals surface area contributed by atoms with Crippen LogP contribution in [-0.4, -0.2) is 28.3 Å². The van der Waals surface area contributed by atoms with Crippen molar-refractivity contribution in [3.63, 3.8) is 0 Å². The number of nitrogens with zero attached hydrogens (tertiary/aromatic N) is 4. The maximum absolute atomic E-state index is 9.82. The molecule has 3 aromatic rings. The number of ether oxygens (including phenoxy) is 1. The summed E-state index contributed by atoms with van der Waals surface area (Å²) >= 11 is 1.38. The number of anilines is 1. The summed E-state index contributed by atoms with van der Waals surface area (Å²) in [5.41, 5.74) is 8.66. The Bertz CT molecular complexity index is 1070. The number of nitrogens with two attached hydrogens (primary N) is 1. The zero-order valence-corrected chi connectivity index (χ0v) is 16.2. The summed E-state index contributed by atoms with van der Waals surface area (Å²) < 4.78 is 5.37. The zero-order chi connectivity index (χ0) is 20.6. The van der Waals surface area contributed by atoms with Crippen molar-refractivity contribution in [2.45, 2.75) is 10.8 Å². The van der Waals surface area contributed by atoms with Gasteiger partial charge in [0.2, 0.25) is 0 Å². The maximum atomic E-state index is 9.82. The average molecular weight is 403 g/mol. The molecule has 29 heavy (non-hydrogen) atoms. The highest BCUT2D eigenvalue weighted by Crippen LogP contribution is 2.37. The first kappa shape index (κ1) is 20.2. The van der Waals surface area contributed by atoms with Crippen LogP contribution in [0.25, 0.3) is 11.1 Å². The van der Waals surface area contributed by atoms with Gasteiger partial charge in [0, 0.05) is 23.7 Å². The summed E-state index contributed by atoms with van der Waals surface area (Å²) in [7, 11) is 0. The molecule has 144 valence electrons. The van der Waals surface area contributed by atoms with Gasteiger partial charge in [-0.3, -0.25) is 4.98 Å². The molecule has 0 spiro atoms. The Kier molecular flexibility index (Phi) is 6.64. The van der Waals surface area contributed by atoms with Gasteiger partial charge in [-0.05, 0) is 35.4 Å². The molecule has 2 heterocycles. The third kappa shape index (κ3) is 4.64. The largest absolute Gasteiger partial charge is 0.491 e. The summed E-state index contributed by atoms with van der Waals surface area (Å²) in [6.07, 6.45) is 3.40. The van der Waals surface area contributed by atoms with Crippen LogP contribution in [-0.2, 0) is 5.75 Å². The predicted octanol–water partition coefficient (Wildman–Crippen LogP) is 3.13. The number of thioether (sulfide) groups is 1. The highest BCUT2D eigenvalue weighted by Gasteiger charge is 2.20.